The second kappa shape index (κ2) is 5.31. The van der Waals surface area contributed by atoms with Crippen LogP contribution in [0.1, 0.15) is 5.69 Å². The molecule has 0 saturated heterocycles. The van der Waals surface area contributed by atoms with E-state index in [-0.39, 0.29) is 5.57 Å². The summed E-state index contributed by atoms with van der Waals surface area (Å²) >= 11 is 0. The molecule has 0 spiro atoms. The van der Waals surface area contributed by atoms with Crippen LogP contribution < -0.4 is 5.32 Å². The molecule has 1 heterocycles. The van der Waals surface area contributed by atoms with Crippen LogP contribution >= 0.6 is 0 Å². The third kappa shape index (κ3) is 3.95. The van der Waals surface area contributed by atoms with Crippen LogP contribution in [0, 0.1) is 0 Å². The van der Waals surface area contributed by atoms with Gasteiger partial charge in [0.1, 0.15) is 0 Å². The molecule has 1 rings (SSSR count). The summed E-state index contributed by atoms with van der Waals surface area (Å²) in [7, 11) is 1.86. The van der Waals surface area contributed by atoms with Crippen molar-refractivity contribution in [1.82, 2.24) is 15.1 Å². The molecule has 1 aromatic rings. The Kier molecular flexibility index (Phi) is 4.05. The number of hydrogen-bond donors (Lipinski definition) is 2. The number of rotatable bonds is 6. The van der Waals surface area contributed by atoms with Gasteiger partial charge in [0, 0.05) is 38.3 Å². The van der Waals surface area contributed by atoms with Crippen molar-refractivity contribution in [3.63, 3.8) is 0 Å². The molecule has 5 nitrogen and oxygen atoms in total. The summed E-state index contributed by atoms with van der Waals surface area (Å²) in [6.07, 6.45) is 2.67. The molecule has 0 aromatic carbocycles. The van der Waals surface area contributed by atoms with Gasteiger partial charge >= 0.3 is 5.97 Å². The maximum absolute atomic E-state index is 10.4. The van der Waals surface area contributed by atoms with Crippen LogP contribution in [-0.4, -0.2) is 33.9 Å². The standard InChI is InChI=1S/C10H15N3O2/c1-8(10(14)15)7-11-5-3-9-4-6-13(2)12-9/h4,6,11H,1,3,5,7H2,2H3,(H,14,15). The van der Waals surface area contributed by atoms with Crippen LogP contribution in [-0.2, 0) is 18.3 Å². The third-order valence-corrected chi connectivity index (χ3v) is 1.97. The second-order valence-corrected chi connectivity index (χ2v) is 3.32. The van der Waals surface area contributed by atoms with Gasteiger partial charge in [-0.05, 0) is 6.07 Å². The van der Waals surface area contributed by atoms with E-state index >= 15 is 0 Å². The van der Waals surface area contributed by atoms with E-state index in [2.05, 4.69) is 17.0 Å². The molecule has 0 bridgehead atoms. The Hall–Kier alpha value is -1.62. The fraction of sp³-hybridized carbons (Fsp3) is 0.400. The molecule has 2 N–H and O–H groups in total. The van der Waals surface area contributed by atoms with Crippen molar-refractivity contribution in [1.29, 1.82) is 0 Å². The Morgan fingerprint density at radius 3 is 3.00 bits per heavy atom. The van der Waals surface area contributed by atoms with Gasteiger partial charge in [-0.1, -0.05) is 6.58 Å². The Balaban J connectivity index is 2.17. The van der Waals surface area contributed by atoms with E-state index in [9.17, 15) is 4.79 Å². The molecule has 5 heteroatoms. The largest absolute Gasteiger partial charge is 0.478 e. The molecular weight excluding hydrogens is 194 g/mol. The van der Waals surface area contributed by atoms with E-state index in [1.54, 1.807) is 4.68 Å². The van der Waals surface area contributed by atoms with Gasteiger partial charge in [0.25, 0.3) is 0 Å². The quantitative estimate of drug-likeness (QED) is 0.518. The van der Waals surface area contributed by atoms with Gasteiger partial charge < -0.3 is 10.4 Å². The van der Waals surface area contributed by atoms with Crippen molar-refractivity contribution in [2.45, 2.75) is 6.42 Å². The van der Waals surface area contributed by atoms with Crippen LogP contribution in [0.2, 0.25) is 0 Å². The highest BCUT2D eigenvalue weighted by Gasteiger charge is 2.02. The van der Waals surface area contributed by atoms with Gasteiger partial charge in [-0.25, -0.2) is 4.79 Å². The highest BCUT2D eigenvalue weighted by molar-refractivity contribution is 5.86. The highest BCUT2D eigenvalue weighted by atomic mass is 16.4. The zero-order valence-electron chi connectivity index (χ0n) is 8.73. The lowest BCUT2D eigenvalue weighted by atomic mass is 10.3. The summed E-state index contributed by atoms with van der Waals surface area (Å²) in [6.45, 7) is 4.43. The zero-order valence-corrected chi connectivity index (χ0v) is 8.73. The predicted octanol–water partition coefficient (Wildman–Crippen LogP) is 0.193. The Labute approximate surface area is 88.4 Å². The minimum absolute atomic E-state index is 0.177. The van der Waals surface area contributed by atoms with Gasteiger partial charge in [-0.15, -0.1) is 0 Å². The van der Waals surface area contributed by atoms with E-state index in [4.69, 9.17) is 5.11 Å². The minimum atomic E-state index is -0.958. The second-order valence-electron chi connectivity index (χ2n) is 3.32. The van der Waals surface area contributed by atoms with Crippen LogP contribution in [0.25, 0.3) is 0 Å². The molecule has 15 heavy (non-hydrogen) atoms. The monoisotopic (exact) mass is 209 g/mol. The van der Waals surface area contributed by atoms with Crippen LogP contribution in [0.15, 0.2) is 24.4 Å². The molecule has 0 radical (unpaired) electrons. The summed E-state index contributed by atoms with van der Waals surface area (Å²) in [5, 5.41) is 15.7. The Bertz CT molecular complexity index is 357. The summed E-state index contributed by atoms with van der Waals surface area (Å²) in [6, 6.07) is 1.94. The van der Waals surface area contributed by atoms with Gasteiger partial charge in [-0.3, -0.25) is 4.68 Å². The maximum Gasteiger partial charge on any atom is 0.332 e. The van der Waals surface area contributed by atoms with Gasteiger partial charge in [0.2, 0.25) is 0 Å². The summed E-state index contributed by atoms with van der Waals surface area (Å²) in [5.41, 5.74) is 1.17. The normalized spacial score (nSPS) is 10.2. The van der Waals surface area contributed by atoms with Crippen molar-refractivity contribution in [3.8, 4) is 0 Å². The summed E-state index contributed by atoms with van der Waals surface area (Å²) < 4.78 is 1.74. The fourth-order valence-electron chi connectivity index (χ4n) is 1.13. The van der Waals surface area contributed by atoms with E-state index in [1.807, 2.05) is 19.3 Å². The van der Waals surface area contributed by atoms with Crippen molar-refractivity contribution < 1.29 is 9.90 Å². The molecule has 0 aliphatic carbocycles. The van der Waals surface area contributed by atoms with E-state index in [0.717, 1.165) is 12.1 Å². The third-order valence-electron chi connectivity index (χ3n) is 1.97. The first-order chi connectivity index (χ1) is 7.09. The van der Waals surface area contributed by atoms with Crippen LogP contribution in [0.5, 0.6) is 0 Å². The molecule has 0 unspecified atom stereocenters. The maximum atomic E-state index is 10.4. The zero-order chi connectivity index (χ0) is 11.3. The lowest BCUT2D eigenvalue weighted by Crippen LogP contribution is -2.22. The van der Waals surface area contributed by atoms with Crippen molar-refractivity contribution in [2.24, 2.45) is 7.05 Å². The van der Waals surface area contributed by atoms with Crippen LogP contribution in [0.3, 0.4) is 0 Å². The lowest BCUT2D eigenvalue weighted by molar-refractivity contribution is -0.132. The molecular formula is C10H15N3O2. The molecule has 0 atom stereocenters. The van der Waals surface area contributed by atoms with E-state index < -0.39 is 5.97 Å². The average Bonchev–Trinajstić information content (AvgIpc) is 2.58. The van der Waals surface area contributed by atoms with Crippen molar-refractivity contribution in [3.05, 3.63) is 30.1 Å². The van der Waals surface area contributed by atoms with Gasteiger partial charge in [0.05, 0.1) is 5.69 Å². The average molecular weight is 209 g/mol. The minimum Gasteiger partial charge on any atom is -0.478 e. The SMILES string of the molecule is C=C(CNCCc1ccn(C)n1)C(=O)O. The van der Waals surface area contributed by atoms with Crippen molar-refractivity contribution in [2.75, 3.05) is 13.1 Å². The molecule has 0 aliphatic heterocycles. The van der Waals surface area contributed by atoms with E-state index in [0.29, 0.717) is 13.1 Å². The number of carbonyl (C=O) groups is 1. The number of carboxylic acids is 1. The number of carboxylic acid groups (broad SMARTS) is 1. The molecule has 0 amide bonds. The molecule has 1 aromatic heterocycles. The molecule has 0 saturated carbocycles. The number of aliphatic carboxylic acids is 1. The first-order valence-electron chi connectivity index (χ1n) is 4.70. The topological polar surface area (TPSA) is 67.2 Å². The van der Waals surface area contributed by atoms with Gasteiger partial charge in [-0.2, -0.15) is 5.10 Å². The van der Waals surface area contributed by atoms with Crippen LogP contribution in [0.4, 0.5) is 0 Å². The fourth-order valence-corrected chi connectivity index (χ4v) is 1.13. The number of nitrogens with zero attached hydrogens (tertiary/aromatic N) is 2. The summed E-state index contributed by atoms with van der Waals surface area (Å²) in [5.74, 6) is -0.958. The Morgan fingerprint density at radius 1 is 1.73 bits per heavy atom. The summed E-state index contributed by atoms with van der Waals surface area (Å²) in [4.78, 5) is 10.4. The van der Waals surface area contributed by atoms with Crippen molar-refractivity contribution >= 4 is 5.97 Å². The molecule has 0 fully saturated rings. The highest BCUT2D eigenvalue weighted by Crippen LogP contribution is 1.94. The first-order valence-corrected chi connectivity index (χ1v) is 4.70. The van der Waals surface area contributed by atoms with Gasteiger partial charge in [0.15, 0.2) is 0 Å². The number of hydrogen-bond acceptors (Lipinski definition) is 3. The Morgan fingerprint density at radius 2 is 2.47 bits per heavy atom. The smallest absolute Gasteiger partial charge is 0.332 e. The predicted molar refractivity (Wildman–Crippen MR) is 56.6 cm³/mol. The molecule has 0 aliphatic rings. The first kappa shape index (κ1) is 11.5. The lowest BCUT2D eigenvalue weighted by Gasteiger charge is -2.02. The molecule has 82 valence electrons. The van der Waals surface area contributed by atoms with E-state index in [1.165, 1.54) is 0 Å². The number of aryl methyl sites for hydroxylation is 1. The number of aromatic nitrogens is 2. The number of nitrogens with one attached hydrogen (secondary N) is 1.